The lowest BCUT2D eigenvalue weighted by Crippen LogP contribution is -2.38. The summed E-state index contributed by atoms with van der Waals surface area (Å²) in [4.78, 5) is 28.2. The Balaban J connectivity index is 1.65. The number of ether oxygens (including phenoxy) is 2. The summed E-state index contributed by atoms with van der Waals surface area (Å²) >= 11 is 0. The fraction of sp³-hybridized carbons (Fsp3) is 0.667. The van der Waals surface area contributed by atoms with Crippen LogP contribution in [0.25, 0.3) is 0 Å². The molecule has 0 atom stereocenters. The molecule has 0 spiro atoms. The van der Waals surface area contributed by atoms with Gasteiger partial charge in [-0.2, -0.15) is 0 Å². The number of likely N-dealkylation sites (N-methyl/N-ethyl adjacent to an activating group) is 1. The van der Waals surface area contributed by atoms with Crippen molar-refractivity contribution >= 4 is 11.8 Å². The van der Waals surface area contributed by atoms with Gasteiger partial charge in [0, 0.05) is 58.3 Å². The van der Waals surface area contributed by atoms with Crippen molar-refractivity contribution in [2.45, 2.75) is 58.5 Å². The van der Waals surface area contributed by atoms with Crippen molar-refractivity contribution in [1.29, 1.82) is 0 Å². The van der Waals surface area contributed by atoms with Gasteiger partial charge in [-0.05, 0) is 57.9 Å². The predicted octanol–water partition coefficient (Wildman–Crippen LogP) is 2.83. The van der Waals surface area contributed by atoms with Crippen LogP contribution in [0, 0.1) is 0 Å². The number of hydrogen-bond acceptors (Lipinski definition) is 5. The summed E-state index contributed by atoms with van der Waals surface area (Å²) in [5.41, 5.74) is 1.00. The van der Waals surface area contributed by atoms with Gasteiger partial charge in [0.25, 0.3) is 0 Å². The van der Waals surface area contributed by atoms with E-state index in [0.29, 0.717) is 51.5 Å². The number of rotatable bonds is 13. The summed E-state index contributed by atoms with van der Waals surface area (Å²) in [7, 11) is 2.14. The average Bonchev–Trinajstić information content (AvgIpc) is 2.79. The zero-order valence-electron chi connectivity index (χ0n) is 19.4. The van der Waals surface area contributed by atoms with Gasteiger partial charge < -0.3 is 19.7 Å². The summed E-state index contributed by atoms with van der Waals surface area (Å²) in [6.45, 7) is 9.01. The van der Waals surface area contributed by atoms with Crippen molar-refractivity contribution in [3.8, 4) is 5.75 Å². The van der Waals surface area contributed by atoms with E-state index < -0.39 is 0 Å². The molecule has 1 heterocycles. The van der Waals surface area contributed by atoms with Crippen molar-refractivity contribution in [2.75, 3.05) is 46.5 Å². The Kier molecular flexibility index (Phi) is 11.4. The summed E-state index contributed by atoms with van der Waals surface area (Å²) < 4.78 is 11.3. The van der Waals surface area contributed by atoms with Crippen LogP contribution in [0.4, 0.5) is 0 Å². The van der Waals surface area contributed by atoms with Gasteiger partial charge in [-0.3, -0.25) is 14.5 Å². The molecule has 0 aromatic heterocycles. The van der Waals surface area contributed by atoms with Gasteiger partial charge in [-0.1, -0.05) is 12.1 Å². The minimum atomic E-state index is -0.0308. The van der Waals surface area contributed by atoms with E-state index in [9.17, 15) is 9.59 Å². The molecule has 1 N–H and O–H groups in total. The van der Waals surface area contributed by atoms with Crippen LogP contribution in [0.3, 0.4) is 0 Å². The van der Waals surface area contributed by atoms with E-state index in [0.717, 1.165) is 43.9 Å². The Labute approximate surface area is 187 Å². The highest BCUT2D eigenvalue weighted by molar-refractivity contribution is 5.78. The summed E-state index contributed by atoms with van der Waals surface area (Å²) in [6.07, 6.45) is 3.51. The zero-order valence-corrected chi connectivity index (χ0v) is 19.4. The Morgan fingerprint density at radius 3 is 2.61 bits per heavy atom. The van der Waals surface area contributed by atoms with Crippen molar-refractivity contribution in [3.63, 3.8) is 0 Å². The first-order chi connectivity index (χ1) is 15.0. The van der Waals surface area contributed by atoms with Crippen LogP contribution < -0.4 is 10.1 Å². The second kappa shape index (κ2) is 14.0. The number of carbonyl (C=O) groups excluding carboxylic acids is 2. The lowest BCUT2D eigenvalue weighted by Gasteiger charge is -2.31. The number of nitrogens with zero attached hydrogens (tertiary/aromatic N) is 2. The van der Waals surface area contributed by atoms with Gasteiger partial charge >= 0.3 is 0 Å². The van der Waals surface area contributed by atoms with E-state index in [-0.39, 0.29) is 11.8 Å². The maximum Gasteiger partial charge on any atom is 0.222 e. The smallest absolute Gasteiger partial charge is 0.222 e. The Bertz CT molecular complexity index is 673. The minimum absolute atomic E-state index is 0.0308. The average molecular weight is 434 g/mol. The molecule has 1 aromatic rings. The molecule has 1 fully saturated rings. The van der Waals surface area contributed by atoms with Crippen LogP contribution in [0.15, 0.2) is 24.3 Å². The molecule has 0 aliphatic carbocycles. The Morgan fingerprint density at radius 2 is 1.90 bits per heavy atom. The molecule has 1 saturated heterocycles. The lowest BCUT2D eigenvalue weighted by atomic mass is 10.1. The van der Waals surface area contributed by atoms with E-state index in [4.69, 9.17) is 9.47 Å². The SMILES string of the molecule is CCN(CC)C(=O)CCCC(=O)NCc1cccc(OCCN(C)C2CCOCC2)c1. The molecule has 31 heavy (non-hydrogen) atoms. The largest absolute Gasteiger partial charge is 0.492 e. The molecule has 0 saturated carbocycles. The summed E-state index contributed by atoms with van der Waals surface area (Å²) in [5.74, 6) is 0.902. The van der Waals surface area contributed by atoms with Crippen molar-refractivity contribution in [1.82, 2.24) is 15.1 Å². The molecule has 1 aliphatic rings. The van der Waals surface area contributed by atoms with E-state index >= 15 is 0 Å². The number of benzene rings is 1. The highest BCUT2D eigenvalue weighted by Crippen LogP contribution is 2.15. The van der Waals surface area contributed by atoms with Crippen LogP contribution in [0.5, 0.6) is 5.75 Å². The first-order valence-electron chi connectivity index (χ1n) is 11.6. The van der Waals surface area contributed by atoms with Gasteiger partial charge in [0.1, 0.15) is 12.4 Å². The first-order valence-corrected chi connectivity index (χ1v) is 11.6. The van der Waals surface area contributed by atoms with Crippen LogP contribution in [0.2, 0.25) is 0 Å². The van der Waals surface area contributed by atoms with Gasteiger partial charge in [0.15, 0.2) is 0 Å². The molecule has 7 nitrogen and oxygen atoms in total. The van der Waals surface area contributed by atoms with Gasteiger partial charge in [-0.15, -0.1) is 0 Å². The Morgan fingerprint density at radius 1 is 1.16 bits per heavy atom. The molecule has 0 radical (unpaired) electrons. The summed E-state index contributed by atoms with van der Waals surface area (Å²) in [5, 5.41) is 2.93. The molecular formula is C24H39N3O4. The standard InChI is InChI=1S/C24H39N3O4/c1-4-27(5-2)24(29)11-7-10-23(28)25-19-20-8-6-9-22(18-20)31-17-14-26(3)21-12-15-30-16-13-21/h6,8-9,18,21H,4-5,7,10-17,19H2,1-3H3,(H,25,28). The fourth-order valence-corrected chi connectivity index (χ4v) is 3.78. The van der Waals surface area contributed by atoms with Gasteiger partial charge in [0.2, 0.25) is 11.8 Å². The zero-order chi connectivity index (χ0) is 22.5. The molecule has 2 amide bonds. The van der Waals surface area contributed by atoms with Crippen LogP contribution in [-0.2, 0) is 20.9 Å². The highest BCUT2D eigenvalue weighted by atomic mass is 16.5. The molecule has 0 unspecified atom stereocenters. The van der Waals surface area contributed by atoms with Crippen LogP contribution >= 0.6 is 0 Å². The third-order valence-electron chi connectivity index (χ3n) is 5.83. The molecule has 2 rings (SSSR count). The second-order valence-corrected chi connectivity index (χ2v) is 8.02. The number of carbonyl (C=O) groups is 2. The summed E-state index contributed by atoms with van der Waals surface area (Å²) in [6, 6.07) is 8.41. The third-order valence-corrected chi connectivity index (χ3v) is 5.83. The van der Waals surface area contributed by atoms with Gasteiger partial charge in [0.05, 0.1) is 0 Å². The number of amides is 2. The fourth-order valence-electron chi connectivity index (χ4n) is 3.78. The third kappa shape index (κ3) is 9.27. The normalized spacial score (nSPS) is 14.5. The highest BCUT2D eigenvalue weighted by Gasteiger charge is 2.18. The van der Waals surface area contributed by atoms with Crippen LogP contribution in [-0.4, -0.2) is 74.2 Å². The Hall–Kier alpha value is -2.12. The van der Waals surface area contributed by atoms with E-state index in [1.807, 2.05) is 38.1 Å². The molecule has 1 aromatic carbocycles. The molecule has 0 bridgehead atoms. The van der Waals surface area contributed by atoms with Crippen LogP contribution in [0.1, 0.15) is 51.5 Å². The molecular weight excluding hydrogens is 394 g/mol. The van der Waals surface area contributed by atoms with Crippen molar-refractivity contribution < 1.29 is 19.1 Å². The van der Waals surface area contributed by atoms with Crippen molar-refractivity contribution in [3.05, 3.63) is 29.8 Å². The quantitative estimate of drug-likeness (QED) is 0.518. The lowest BCUT2D eigenvalue weighted by molar-refractivity contribution is -0.131. The van der Waals surface area contributed by atoms with E-state index in [1.165, 1.54) is 0 Å². The first kappa shape index (κ1) is 25.1. The number of nitrogens with one attached hydrogen (secondary N) is 1. The maximum absolute atomic E-state index is 12.1. The van der Waals surface area contributed by atoms with E-state index in [2.05, 4.69) is 17.3 Å². The topological polar surface area (TPSA) is 71.1 Å². The minimum Gasteiger partial charge on any atom is -0.492 e. The molecule has 1 aliphatic heterocycles. The van der Waals surface area contributed by atoms with Gasteiger partial charge in [-0.25, -0.2) is 0 Å². The van der Waals surface area contributed by atoms with E-state index in [1.54, 1.807) is 4.90 Å². The monoisotopic (exact) mass is 433 g/mol. The van der Waals surface area contributed by atoms with Crippen molar-refractivity contribution in [2.24, 2.45) is 0 Å². The predicted molar refractivity (Wildman–Crippen MR) is 122 cm³/mol. The number of hydrogen-bond donors (Lipinski definition) is 1. The molecule has 7 heteroatoms. The maximum atomic E-state index is 12.1. The second-order valence-electron chi connectivity index (χ2n) is 8.02. The molecule has 174 valence electrons.